The van der Waals surface area contributed by atoms with Crippen LogP contribution in [0.15, 0.2) is 18.3 Å². The molecular formula is C13H17F3N2O. The second-order valence-corrected chi connectivity index (χ2v) is 4.60. The summed E-state index contributed by atoms with van der Waals surface area (Å²) in [5, 5.41) is 2.69. The van der Waals surface area contributed by atoms with Crippen molar-refractivity contribution in [3.63, 3.8) is 0 Å². The van der Waals surface area contributed by atoms with Gasteiger partial charge in [0, 0.05) is 12.7 Å². The highest BCUT2D eigenvalue weighted by molar-refractivity contribution is 5.45. The van der Waals surface area contributed by atoms with Gasteiger partial charge in [-0.1, -0.05) is 12.8 Å². The first-order chi connectivity index (χ1) is 9.07. The van der Waals surface area contributed by atoms with Gasteiger partial charge in [-0.05, 0) is 25.0 Å². The lowest BCUT2D eigenvalue weighted by atomic mass is 10.2. The van der Waals surface area contributed by atoms with Crippen molar-refractivity contribution >= 4 is 5.82 Å². The quantitative estimate of drug-likeness (QED) is 0.835. The Morgan fingerprint density at radius 1 is 1.32 bits per heavy atom. The number of nitrogens with zero attached hydrogens (tertiary/aromatic N) is 1. The topological polar surface area (TPSA) is 34.2 Å². The number of hydrogen-bond acceptors (Lipinski definition) is 3. The highest BCUT2D eigenvalue weighted by Crippen LogP contribution is 2.33. The number of rotatable bonds is 5. The molecule has 0 atom stereocenters. The van der Waals surface area contributed by atoms with Crippen LogP contribution in [-0.2, 0) is 10.9 Å². The lowest BCUT2D eigenvalue weighted by Crippen LogP contribution is -2.18. The normalized spacial score (nSPS) is 16.8. The fourth-order valence-corrected chi connectivity index (χ4v) is 2.22. The minimum absolute atomic E-state index is 0.134. The van der Waals surface area contributed by atoms with Crippen LogP contribution in [0.25, 0.3) is 0 Å². The van der Waals surface area contributed by atoms with E-state index < -0.39 is 11.7 Å². The van der Waals surface area contributed by atoms with Crippen molar-refractivity contribution in [1.29, 1.82) is 0 Å². The molecule has 6 heteroatoms. The molecule has 106 valence electrons. The minimum atomic E-state index is -4.39. The number of pyridine rings is 1. The van der Waals surface area contributed by atoms with Gasteiger partial charge in [-0.2, -0.15) is 13.2 Å². The smallest absolute Gasteiger partial charge is 0.376 e. The summed E-state index contributed by atoms with van der Waals surface area (Å²) in [6.07, 6.45) is 1.69. The highest BCUT2D eigenvalue weighted by atomic mass is 19.4. The van der Waals surface area contributed by atoms with Crippen molar-refractivity contribution in [3.05, 3.63) is 23.9 Å². The molecular weight excluding hydrogens is 257 g/mol. The van der Waals surface area contributed by atoms with Crippen LogP contribution in [0.3, 0.4) is 0 Å². The fraction of sp³-hybridized carbons (Fsp3) is 0.615. The number of halogens is 3. The van der Waals surface area contributed by atoms with Gasteiger partial charge in [0.2, 0.25) is 0 Å². The van der Waals surface area contributed by atoms with Gasteiger partial charge in [-0.3, -0.25) is 0 Å². The molecule has 0 bridgehead atoms. The van der Waals surface area contributed by atoms with Gasteiger partial charge in [0.25, 0.3) is 0 Å². The van der Waals surface area contributed by atoms with Crippen molar-refractivity contribution < 1.29 is 17.9 Å². The van der Waals surface area contributed by atoms with Crippen LogP contribution < -0.4 is 5.32 Å². The zero-order chi connectivity index (χ0) is 13.7. The Kier molecular flexibility index (Phi) is 4.63. The van der Waals surface area contributed by atoms with Crippen molar-refractivity contribution in [2.75, 3.05) is 18.5 Å². The van der Waals surface area contributed by atoms with Crippen LogP contribution in [0.1, 0.15) is 31.2 Å². The third-order valence-corrected chi connectivity index (χ3v) is 3.16. The van der Waals surface area contributed by atoms with Gasteiger partial charge in [0.15, 0.2) is 0 Å². The number of hydrogen-bond donors (Lipinski definition) is 1. The van der Waals surface area contributed by atoms with Gasteiger partial charge in [0.05, 0.1) is 18.3 Å². The predicted molar refractivity (Wildman–Crippen MR) is 65.9 cm³/mol. The molecule has 0 spiro atoms. The van der Waals surface area contributed by atoms with Gasteiger partial charge in [-0.15, -0.1) is 0 Å². The monoisotopic (exact) mass is 274 g/mol. The highest BCUT2D eigenvalue weighted by Gasteiger charge is 2.33. The molecule has 0 amide bonds. The second kappa shape index (κ2) is 6.23. The maximum atomic E-state index is 12.7. The van der Waals surface area contributed by atoms with E-state index in [1.807, 2.05) is 0 Å². The van der Waals surface area contributed by atoms with E-state index in [-0.39, 0.29) is 11.9 Å². The van der Waals surface area contributed by atoms with Gasteiger partial charge >= 0.3 is 6.18 Å². The van der Waals surface area contributed by atoms with E-state index in [9.17, 15) is 13.2 Å². The molecule has 19 heavy (non-hydrogen) atoms. The molecule has 1 aromatic heterocycles. The summed E-state index contributed by atoms with van der Waals surface area (Å²) in [7, 11) is 0. The Bertz CT molecular complexity index is 403. The summed E-state index contributed by atoms with van der Waals surface area (Å²) in [6, 6.07) is 2.30. The Morgan fingerprint density at radius 2 is 2.05 bits per heavy atom. The van der Waals surface area contributed by atoms with E-state index >= 15 is 0 Å². The molecule has 3 nitrogen and oxygen atoms in total. The van der Waals surface area contributed by atoms with Crippen molar-refractivity contribution in [1.82, 2.24) is 4.98 Å². The third-order valence-electron chi connectivity index (χ3n) is 3.16. The molecule has 1 aliphatic carbocycles. The van der Waals surface area contributed by atoms with Crippen molar-refractivity contribution in [2.24, 2.45) is 0 Å². The molecule has 0 radical (unpaired) electrons. The van der Waals surface area contributed by atoms with Crippen molar-refractivity contribution in [3.8, 4) is 0 Å². The van der Waals surface area contributed by atoms with E-state index in [0.717, 1.165) is 18.9 Å². The Labute approximate surface area is 110 Å². The summed E-state index contributed by atoms with van der Waals surface area (Å²) in [6.45, 7) is 0.731. The van der Waals surface area contributed by atoms with Crippen LogP contribution in [0.4, 0.5) is 19.0 Å². The first-order valence-electron chi connectivity index (χ1n) is 6.45. The molecule has 2 rings (SSSR count). The van der Waals surface area contributed by atoms with Gasteiger partial charge in [-0.25, -0.2) is 4.98 Å². The zero-order valence-corrected chi connectivity index (χ0v) is 10.5. The molecule has 1 saturated carbocycles. The average molecular weight is 274 g/mol. The number of aromatic nitrogens is 1. The summed E-state index contributed by atoms with van der Waals surface area (Å²) in [5.74, 6) is -0.134. The molecule has 0 aliphatic heterocycles. The predicted octanol–water partition coefficient (Wildman–Crippen LogP) is 3.47. The van der Waals surface area contributed by atoms with E-state index in [1.54, 1.807) is 0 Å². The van der Waals surface area contributed by atoms with Crippen LogP contribution in [0.2, 0.25) is 0 Å². The van der Waals surface area contributed by atoms with E-state index in [2.05, 4.69) is 10.3 Å². The van der Waals surface area contributed by atoms with E-state index in [1.165, 1.54) is 25.1 Å². The SMILES string of the molecule is FC(F)(F)c1cccnc1NCCOC1CCCC1. The van der Waals surface area contributed by atoms with E-state index in [0.29, 0.717) is 13.2 Å². The molecule has 0 saturated heterocycles. The van der Waals surface area contributed by atoms with Crippen molar-refractivity contribution in [2.45, 2.75) is 38.0 Å². The minimum Gasteiger partial charge on any atom is -0.376 e. The molecule has 0 aromatic carbocycles. The number of alkyl halides is 3. The summed E-state index contributed by atoms with van der Waals surface area (Å²) >= 11 is 0. The first-order valence-corrected chi connectivity index (χ1v) is 6.45. The summed E-state index contributed by atoms with van der Waals surface area (Å²) in [4.78, 5) is 3.73. The molecule has 1 fully saturated rings. The van der Waals surface area contributed by atoms with Crippen LogP contribution in [-0.4, -0.2) is 24.2 Å². The Balaban J connectivity index is 1.82. The molecule has 1 aliphatic rings. The van der Waals surface area contributed by atoms with Gasteiger partial charge in [0.1, 0.15) is 5.82 Å². The van der Waals surface area contributed by atoms with E-state index in [4.69, 9.17) is 4.74 Å². The maximum absolute atomic E-state index is 12.7. The first kappa shape index (κ1) is 14.1. The Hall–Kier alpha value is -1.30. The third kappa shape index (κ3) is 4.09. The average Bonchev–Trinajstić information content (AvgIpc) is 2.87. The largest absolute Gasteiger partial charge is 0.419 e. The number of anilines is 1. The maximum Gasteiger partial charge on any atom is 0.419 e. The standard InChI is InChI=1S/C13H17F3N2O/c14-13(15,16)11-6-3-7-17-12(11)18-8-9-19-10-4-1-2-5-10/h3,6-7,10H,1-2,4-5,8-9H2,(H,17,18). The Morgan fingerprint density at radius 3 is 2.74 bits per heavy atom. The number of nitrogens with one attached hydrogen (secondary N) is 1. The summed E-state index contributed by atoms with van der Waals surface area (Å²) < 4.78 is 43.7. The van der Waals surface area contributed by atoms with Crippen LogP contribution in [0.5, 0.6) is 0 Å². The van der Waals surface area contributed by atoms with Gasteiger partial charge < -0.3 is 10.1 Å². The second-order valence-electron chi connectivity index (χ2n) is 4.60. The molecule has 1 heterocycles. The molecule has 1 N–H and O–H groups in total. The fourth-order valence-electron chi connectivity index (χ4n) is 2.22. The van der Waals surface area contributed by atoms with Crippen LogP contribution >= 0.6 is 0 Å². The zero-order valence-electron chi connectivity index (χ0n) is 10.5. The number of ether oxygens (including phenoxy) is 1. The lowest BCUT2D eigenvalue weighted by molar-refractivity contribution is -0.137. The van der Waals surface area contributed by atoms with Crippen LogP contribution in [0, 0.1) is 0 Å². The summed E-state index contributed by atoms with van der Waals surface area (Å²) in [5.41, 5.74) is -0.740. The molecule has 1 aromatic rings. The molecule has 0 unspecified atom stereocenters. The lowest BCUT2D eigenvalue weighted by Gasteiger charge is -2.14.